The van der Waals surface area contributed by atoms with Crippen molar-refractivity contribution in [3.63, 3.8) is 0 Å². The van der Waals surface area contributed by atoms with Crippen LogP contribution in [0.25, 0.3) is 21.8 Å². The molecule has 0 atom stereocenters. The normalized spacial score (nSPS) is 10.9. The number of rotatable bonds is 7. The Hall–Kier alpha value is -4.58. The Bertz CT molecular complexity index is 1510. The van der Waals surface area contributed by atoms with E-state index in [0.29, 0.717) is 45.6 Å². The molecule has 0 bridgehead atoms. The molecule has 0 fully saturated rings. The fourth-order valence-electron chi connectivity index (χ4n) is 4.14. The van der Waals surface area contributed by atoms with Crippen LogP contribution >= 0.6 is 0 Å². The summed E-state index contributed by atoms with van der Waals surface area (Å²) in [5.41, 5.74) is 1.94. The van der Waals surface area contributed by atoms with E-state index in [4.69, 9.17) is 9.47 Å². The van der Waals surface area contributed by atoms with Gasteiger partial charge in [-0.05, 0) is 67.6 Å². The predicted octanol–water partition coefficient (Wildman–Crippen LogP) is 5.98. The summed E-state index contributed by atoms with van der Waals surface area (Å²) in [6.07, 6.45) is 0. The molecule has 0 aliphatic heterocycles. The summed E-state index contributed by atoms with van der Waals surface area (Å²) in [5, 5.41) is 4.13. The highest BCUT2D eigenvalue weighted by molar-refractivity contribution is 5.97. The Morgan fingerprint density at radius 3 is 2.00 bits per heavy atom. The average molecular weight is 465 g/mol. The molecular weight excluding hydrogens is 440 g/mol. The van der Waals surface area contributed by atoms with Gasteiger partial charge in [-0.2, -0.15) is 0 Å². The van der Waals surface area contributed by atoms with Gasteiger partial charge in [0.05, 0.1) is 23.3 Å². The number of hydrogen-bond acceptors (Lipinski definition) is 4. The van der Waals surface area contributed by atoms with Crippen molar-refractivity contribution in [2.45, 2.75) is 13.5 Å². The van der Waals surface area contributed by atoms with E-state index in [1.807, 2.05) is 84.3 Å². The van der Waals surface area contributed by atoms with Gasteiger partial charge in [0.1, 0.15) is 18.0 Å². The molecule has 1 heterocycles. The van der Waals surface area contributed by atoms with Crippen LogP contribution in [0.1, 0.15) is 6.92 Å². The quantitative estimate of drug-likeness (QED) is 0.301. The fourth-order valence-corrected chi connectivity index (χ4v) is 4.14. The lowest BCUT2D eigenvalue weighted by atomic mass is 10.1. The zero-order chi connectivity index (χ0) is 24.2. The average Bonchev–Trinajstić information content (AvgIpc) is 2.89. The minimum atomic E-state index is -0.230. The molecule has 0 unspecified atom stereocenters. The minimum absolute atomic E-state index is 0.0399. The molecule has 6 nitrogen and oxygen atoms in total. The minimum Gasteiger partial charge on any atom is -0.494 e. The van der Waals surface area contributed by atoms with Crippen molar-refractivity contribution in [3.8, 4) is 17.2 Å². The van der Waals surface area contributed by atoms with Crippen LogP contribution in [-0.4, -0.2) is 17.1 Å². The van der Waals surface area contributed by atoms with Gasteiger partial charge in [-0.15, -0.1) is 0 Å². The van der Waals surface area contributed by atoms with Crippen molar-refractivity contribution in [2.24, 2.45) is 0 Å². The van der Waals surface area contributed by atoms with Crippen LogP contribution in [0.2, 0.25) is 0 Å². The molecule has 5 rings (SSSR count). The summed E-state index contributed by atoms with van der Waals surface area (Å²) >= 11 is 0. The monoisotopic (exact) mass is 464 g/mol. The van der Waals surface area contributed by atoms with Gasteiger partial charge in [0.15, 0.2) is 11.2 Å². The number of nitrogens with zero attached hydrogens (tertiary/aromatic N) is 1. The number of anilines is 1. The molecule has 0 spiro atoms. The van der Waals surface area contributed by atoms with E-state index in [1.165, 1.54) is 0 Å². The lowest BCUT2D eigenvalue weighted by Crippen LogP contribution is -2.21. The maximum Gasteiger partial charge on any atom is 0.244 e. The Kier molecular flexibility index (Phi) is 6.18. The van der Waals surface area contributed by atoms with Gasteiger partial charge in [0, 0.05) is 10.8 Å². The second-order valence-corrected chi connectivity index (χ2v) is 8.00. The third kappa shape index (κ3) is 4.59. The van der Waals surface area contributed by atoms with Gasteiger partial charge in [-0.1, -0.05) is 36.4 Å². The first-order valence-corrected chi connectivity index (χ1v) is 11.4. The first-order chi connectivity index (χ1) is 17.1. The SMILES string of the molecule is CCOc1ccc(Oc2ccccc2NC(=O)Cn2c3ccccc3c(=O)c3ccccc32)cc1. The molecular formula is C29H24N2O4. The Morgan fingerprint density at radius 1 is 0.771 bits per heavy atom. The Labute approximate surface area is 202 Å². The van der Waals surface area contributed by atoms with Crippen LogP contribution in [0.15, 0.2) is 102 Å². The highest BCUT2D eigenvalue weighted by Crippen LogP contribution is 2.30. The standard InChI is InChI=1S/C29H24N2O4/c1-2-34-20-15-17-21(18-16-20)35-27-14-8-5-11-24(27)30-28(32)19-31-25-12-6-3-9-22(25)29(33)23-10-4-7-13-26(23)31/h3-18H,2,19H2,1H3,(H,30,32). The molecule has 1 aromatic heterocycles. The fraction of sp³-hybridized carbons (Fsp3) is 0.103. The van der Waals surface area contributed by atoms with E-state index in [2.05, 4.69) is 5.32 Å². The number of carbonyl (C=O) groups is 1. The van der Waals surface area contributed by atoms with Crippen molar-refractivity contribution in [2.75, 3.05) is 11.9 Å². The highest BCUT2D eigenvalue weighted by atomic mass is 16.5. The van der Waals surface area contributed by atoms with E-state index < -0.39 is 0 Å². The Morgan fingerprint density at radius 2 is 1.34 bits per heavy atom. The van der Waals surface area contributed by atoms with E-state index in [1.54, 1.807) is 24.3 Å². The molecule has 0 saturated heterocycles. The van der Waals surface area contributed by atoms with Gasteiger partial charge in [0.2, 0.25) is 5.91 Å². The number of benzene rings is 4. The highest BCUT2D eigenvalue weighted by Gasteiger charge is 2.14. The van der Waals surface area contributed by atoms with Gasteiger partial charge >= 0.3 is 0 Å². The molecule has 0 aliphatic rings. The zero-order valence-electron chi connectivity index (χ0n) is 19.2. The Balaban J connectivity index is 1.43. The van der Waals surface area contributed by atoms with Crippen LogP contribution in [0.3, 0.4) is 0 Å². The van der Waals surface area contributed by atoms with Crippen LogP contribution in [0.5, 0.6) is 17.2 Å². The van der Waals surface area contributed by atoms with Crippen molar-refractivity contribution in [1.82, 2.24) is 4.57 Å². The van der Waals surface area contributed by atoms with Gasteiger partial charge in [-0.3, -0.25) is 9.59 Å². The molecule has 4 aromatic carbocycles. The maximum atomic E-state index is 13.2. The van der Waals surface area contributed by atoms with Crippen molar-refractivity contribution < 1.29 is 14.3 Å². The van der Waals surface area contributed by atoms with Crippen molar-refractivity contribution in [1.29, 1.82) is 0 Å². The molecule has 1 amide bonds. The number of amides is 1. The lowest BCUT2D eigenvalue weighted by Gasteiger charge is -2.16. The first kappa shape index (κ1) is 22.2. The molecule has 0 saturated carbocycles. The number of fused-ring (bicyclic) bond motifs is 2. The summed E-state index contributed by atoms with van der Waals surface area (Å²) in [5.74, 6) is 1.70. The molecule has 0 radical (unpaired) electrons. The third-order valence-corrected chi connectivity index (χ3v) is 5.70. The van der Waals surface area contributed by atoms with E-state index in [9.17, 15) is 9.59 Å². The number of hydrogen-bond donors (Lipinski definition) is 1. The van der Waals surface area contributed by atoms with Crippen LogP contribution in [-0.2, 0) is 11.3 Å². The number of para-hydroxylation sites is 4. The second kappa shape index (κ2) is 9.73. The van der Waals surface area contributed by atoms with Crippen LogP contribution < -0.4 is 20.2 Å². The number of carbonyl (C=O) groups excluding carboxylic acids is 1. The zero-order valence-corrected chi connectivity index (χ0v) is 19.2. The van der Waals surface area contributed by atoms with E-state index in [0.717, 1.165) is 5.75 Å². The molecule has 5 aromatic rings. The first-order valence-electron chi connectivity index (χ1n) is 11.4. The van der Waals surface area contributed by atoms with Crippen LogP contribution in [0, 0.1) is 0 Å². The van der Waals surface area contributed by atoms with Crippen LogP contribution in [0.4, 0.5) is 5.69 Å². The van der Waals surface area contributed by atoms with Gasteiger partial charge < -0.3 is 19.4 Å². The summed E-state index contributed by atoms with van der Waals surface area (Å²) in [6.45, 7) is 2.57. The van der Waals surface area contributed by atoms with E-state index in [-0.39, 0.29) is 17.9 Å². The van der Waals surface area contributed by atoms with Crippen molar-refractivity contribution >= 4 is 33.4 Å². The molecule has 1 N–H and O–H groups in total. The molecule has 0 aliphatic carbocycles. The largest absolute Gasteiger partial charge is 0.494 e. The summed E-state index contributed by atoms with van der Waals surface area (Å²) in [7, 11) is 0. The number of ether oxygens (including phenoxy) is 2. The van der Waals surface area contributed by atoms with Gasteiger partial charge in [0.25, 0.3) is 0 Å². The lowest BCUT2D eigenvalue weighted by molar-refractivity contribution is -0.116. The number of pyridine rings is 1. The van der Waals surface area contributed by atoms with E-state index >= 15 is 0 Å². The topological polar surface area (TPSA) is 69.6 Å². The van der Waals surface area contributed by atoms with Gasteiger partial charge in [-0.25, -0.2) is 0 Å². The predicted molar refractivity (Wildman–Crippen MR) is 138 cm³/mol. The summed E-state index contributed by atoms with van der Waals surface area (Å²) in [4.78, 5) is 26.1. The molecule has 174 valence electrons. The summed E-state index contributed by atoms with van der Waals surface area (Å²) in [6, 6.07) is 29.3. The maximum absolute atomic E-state index is 13.2. The summed E-state index contributed by atoms with van der Waals surface area (Å²) < 4.78 is 13.4. The van der Waals surface area contributed by atoms with Crippen molar-refractivity contribution in [3.05, 3.63) is 107 Å². The smallest absolute Gasteiger partial charge is 0.244 e. The molecule has 6 heteroatoms. The number of nitrogens with one attached hydrogen (secondary N) is 1. The molecule has 35 heavy (non-hydrogen) atoms. The second-order valence-electron chi connectivity index (χ2n) is 8.00. The number of aromatic nitrogens is 1. The third-order valence-electron chi connectivity index (χ3n) is 5.70.